The summed E-state index contributed by atoms with van der Waals surface area (Å²) in [5, 5.41) is 3.67. The molecule has 0 saturated heterocycles. The zero-order valence-corrected chi connectivity index (χ0v) is 16.5. The van der Waals surface area contributed by atoms with Crippen LogP contribution in [0.15, 0.2) is 30.3 Å². The van der Waals surface area contributed by atoms with Crippen LogP contribution in [0.5, 0.6) is 11.5 Å². The van der Waals surface area contributed by atoms with Gasteiger partial charge in [-0.15, -0.1) is 0 Å². The highest BCUT2D eigenvalue weighted by Gasteiger charge is 2.51. The largest absolute Gasteiger partial charge is 0.486 e. The lowest BCUT2D eigenvalue weighted by atomic mass is 9.92. The minimum absolute atomic E-state index is 0.121. The van der Waals surface area contributed by atoms with Gasteiger partial charge in [0.2, 0.25) is 5.91 Å². The molecule has 1 saturated carbocycles. The van der Waals surface area contributed by atoms with Crippen LogP contribution in [0.2, 0.25) is 5.02 Å². The molecule has 0 aromatic heterocycles. The Morgan fingerprint density at radius 3 is 2.48 bits per heavy atom. The molecule has 0 unspecified atom stereocenters. The number of nitrogens with one attached hydrogen (secondary N) is 1. The normalized spacial score (nSPS) is 16.7. The first-order chi connectivity index (χ1) is 13.0. The molecule has 1 N–H and O–H groups in total. The minimum Gasteiger partial charge on any atom is -0.486 e. The zero-order chi connectivity index (χ0) is 19.0. The number of rotatable bonds is 5. The molecule has 0 radical (unpaired) electrons. The van der Waals surface area contributed by atoms with E-state index in [1.807, 2.05) is 12.1 Å². The Balaban J connectivity index is 1.41. The molecule has 1 fully saturated rings. The number of carbonyl (C=O) groups is 1. The first kappa shape index (κ1) is 18.2. The number of amides is 1. The average Bonchev–Trinajstić information content (AvgIpc) is 3.43. The summed E-state index contributed by atoms with van der Waals surface area (Å²) in [6, 6.07) is 10.3. The quantitative estimate of drug-likeness (QED) is 0.842. The molecule has 5 heteroatoms. The molecule has 2 aliphatic rings. The van der Waals surface area contributed by atoms with Gasteiger partial charge in [0.1, 0.15) is 13.2 Å². The molecule has 0 spiro atoms. The van der Waals surface area contributed by atoms with E-state index in [-0.39, 0.29) is 11.3 Å². The van der Waals surface area contributed by atoms with Crippen molar-refractivity contribution in [3.05, 3.63) is 57.6 Å². The number of halogens is 1. The van der Waals surface area contributed by atoms with Crippen molar-refractivity contribution in [1.82, 2.24) is 5.32 Å². The molecular weight excluding hydrogens is 362 g/mol. The Kier molecular flexibility index (Phi) is 4.77. The van der Waals surface area contributed by atoms with E-state index in [0.29, 0.717) is 42.7 Å². The van der Waals surface area contributed by atoms with Crippen molar-refractivity contribution >= 4 is 17.5 Å². The van der Waals surface area contributed by atoms with E-state index in [1.165, 1.54) is 11.1 Å². The van der Waals surface area contributed by atoms with E-state index in [2.05, 4.69) is 37.4 Å². The Morgan fingerprint density at radius 2 is 1.78 bits per heavy atom. The van der Waals surface area contributed by atoms with Gasteiger partial charge in [-0.1, -0.05) is 40.9 Å². The van der Waals surface area contributed by atoms with Crippen molar-refractivity contribution in [2.45, 2.75) is 38.5 Å². The van der Waals surface area contributed by atoms with Crippen LogP contribution >= 0.6 is 11.6 Å². The predicted octanol–water partition coefficient (Wildman–Crippen LogP) is 4.12. The smallest absolute Gasteiger partial charge is 0.230 e. The molecular formula is C22H24ClNO3. The molecule has 0 atom stereocenters. The van der Waals surface area contributed by atoms with Crippen LogP contribution in [0.3, 0.4) is 0 Å². The fourth-order valence-corrected chi connectivity index (χ4v) is 4.11. The molecule has 2 aromatic carbocycles. The third-order valence-corrected chi connectivity index (χ3v) is 5.60. The summed E-state index contributed by atoms with van der Waals surface area (Å²) < 4.78 is 11.2. The lowest BCUT2D eigenvalue weighted by molar-refractivity contribution is -0.123. The van der Waals surface area contributed by atoms with Gasteiger partial charge < -0.3 is 14.8 Å². The lowest BCUT2D eigenvalue weighted by Crippen LogP contribution is -2.36. The second-order valence-corrected chi connectivity index (χ2v) is 7.97. The molecule has 27 heavy (non-hydrogen) atoms. The van der Waals surface area contributed by atoms with Crippen LogP contribution in [-0.4, -0.2) is 25.7 Å². The zero-order valence-electron chi connectivity index (χ0n) is 15.7. The first-order valence-corrected chi connectivity index (χ1v) is 9.81. The Bertz CT molecular complexity index is 869. The SMILES string of the molecule is Cc1cc(C)cc(C2(C(=O)NCCc3cc(Cl)c4c(c3)OCCO4)CC2)c1. The van der Waals surface area contributed by atoms with E-state index in [1.54, 1.807) is 0 Å². The second kappa shape index (κ2) is 7.08. The van der Waals surface area contributed by atoms with Crippen LogP contribution in [0, 0.1) is 13.8 Å². The van der Waals surface area contributed by atoms with Crippen molar-refractivity contribution in [3.63, 3.8) is 0 Å². The van der Waals surface area contributed by atoms with Gasteiger partial charge in [-0.3, -0.25) is 4.79 Å². The monoisotopic (exact) mass is 385 g/mol. The molecule has 142 valence electrons. The van der Waals surface area contributed by atoms with Gasteiger partial charge in [0.15, 0.2) is 11.5 Å². The van der Waals surface area contributed by atoms with Crippen molar-refractivity contribution in [1.29, 1.82) is 0 Å². The lowest BCUT2D eigenvalue weighted by Gasteiger charge is -2.20. The van der Waals surface area contributed by atoms with Crippen molar-refractivity contribution in [2.24, 2.45) is 0 Å². The summed E-state index contributed by atoms with van der Waals surface area (Å²) in [7, 11) is 0. The second-order valence-electron chi connectivity index (χ2n) is 7.57. The van der Waals surface area contributed by atoms with Crippen LogP contribution in [0.4, 0.5) is 0 Å². The highest BCUT2D eigenvalue weighted by molar-refractivity contribution is 6.32. The Hall–Kier alpha value is -2.20. The number of carbonyl (C=O) groups excluding carboxylic acids is 1. The van der Waals surface area contributed by atoms with E-state index in [9.17, 15) is 4.79 Å². The van der Waals surface area contributed by atoms with Gasteiger partial charge in [0.25, 0.3) is 0 Å². The van der Waals surface area contributed by atoms with Crippen LogP contribution < -0.4 is 14.8 Å². The third kappa shape index (κ3) is 3.63. The summed E-state index contributed by atoms with van der Waals surface area (Å²) in [6.07, 6.45) is 2.53. The molecule has 4 rings (SSSR count). The van der Waals surface area contributed by atoms with E-state index in [4.69, 9.17) is 21.1 Å². The van der Waals surface area contributed by atoms with Crippen LogP contribution in [-0.2, 0) is 16.6 Å². The summed E-state index contributed by atoms with van der Waals surface area (Å²) in [5.74, 6) is 1.42. The van der Waals surface area contributed by atoms with E-state index in [0.717, 1.165) is 24.0 Å². The fraction of sp³-hybridized carbons (Fsp3) is 0.409. The van der Waals surface area contributed by atoms with Gasteiger partial charge in [0, 0.05) is 6.54 Å². The molecule has 1 aliphatic carbocycles. The minimum atomic E-state index is -0.346. The van der Waals surface area contributed by atoms with Crippen molar-refractivity contribution in [2.75, 3.05) is 19.8 Å². The molecule has 4 nitrogen and oxygen atoms in total. The number of hydrogen-bond donors (Lipinski definition) is 1. The highest BCUT2D eigenvalue weighted by atomic mass is 35.5. The van der Waals surface area contributed by atoms with Crippen molar-refractivity contribution < 1.29 is 14.3 Å². The Morgan fingerprint density at radius 1 is 1.07 bits per heavy atom. The summed E-state index contributed by atoms with van der Waals surface area (Å²) in [4.78, 5) is 12.9. The first-order valence-electron chi connectivity index (χ1n) is 9.43. The maximum absolute atomic E-state index is 12.9. The van der Waals surface area contributed by atoms with Gasteiger partial charge in [-0.05, 0) is 56.4 Å². The van der Waals surface area contributed by atoms with Gasteiger partial charge >= 0.3 is 0 Å². The van der Waals surface area contributed by atoms with Crippen LogP contribution in [0.25, 0.3) is 0 Å². The molecule has 0 bridgehead atoms. The topological polar surface area (TPSA) is 47.6 Å². The molecule has 2 aromatic rings. The van der Waals surface area contributed by atoms with Crippen molar-refractivity contribution in [3.8, 4) is 11.5 Å². The standard InChI is InChI=1S/C22H24ClNO3/c1-14-9-15(2)11-17(10-14)22(4-5-22)21(25)24-6-3-16-12-18(23)20-19(13-16)26-7-8-27-20/h9-13H,3-8H2,1-2H3,(H,24,25). The maximum atomic E-state index is 12.9. The predicted molar refractivity (Wildman–Crippen MR) is 106 cm³/mol. The summed E-state index contributed by atoms with van der Waals surface area (Å²) in [5.41, 5.74) is 4.23. The van der Waals surface area contributed by atoms with Gasteiger partial charge in [0.05, 0.1) is 10.4 Å². The van der Waals surface area contributed by atoms with Gasteiger partial charge in [-0.2, -0.15) is 0 Å². The number of ether oxygens (including phenoxy) is 2. The van der Waals surface area contributed by atoms with Gasteiger partial charge in [-0.25, -0.2) is 0 Å². The number of fused-ring (bicyclic) bond motifs is 1. The fourth-order valence-electron chi connectivity index (χ4n) is 3.82. The highest BCUT2D eigenvalue weighted by Crippen LogP contribution is 2.48. The molecule has 1 aliphatic heterocycles. The number of benzene rings is 2. The van der Waals surface area contributed by atoms with Crippen LogP contribution in [0.1, 0.15) is 35.1 Å². The molecule has 1 heterocycles. The summed E-state index contributed by atoms with van der Waals surface area (Å²) >= 11 is 6.29. The third-order valence-electron chi connectivity index (χ3n) is 5.31. The Labute approximate surface area is 164 Å². The maximum Gasteiger partial charge on any atom is 0.230 e. The number of hydrogen-bond acceptors (Lipinski definition) is 3. The van der Waals surface area contributed by atoms with E-state index >= 15 is 0 Å². The van der Waals surface area contributed by atoms with E-state index < -0.39 is 0 Å². The number of aryl methyl sites for hydroxylation is 2. The summed E-state index contributed by atoms with van der Waals surface area (Å²) in [6.45, 7) is 5.78. The average molecular weight is 386 g/mol. The molecule has 1 amide bonds.